The minimum atomic E-state index is -3.24. The van der Waals surface area contributed by atoms with Gasteiger partial charge in [0, 0.05) is 11.1 Å². The van der Waals surface area contributed by atoms with Crippen LogP contribution in [0.5, 0.6) is 5.75 Å². The molecule has 0 fully saturated rings. The summed E-state index contributed by atoms with van der Waals surface area (Å²) in [5, 5.41) is 10.6. The van der Waals surface area contributed by atoms with E-state index in [9.17, 15) is 23.7 Å². The summed E-state index contributed by atoms with van der Waals surface area (Å²) in [7, 11) is 0. The van der Waals surface area contributed by atoms with Gasteiger partial charge < -0.3 is 4.74 Å². The molecular formula is C9H6ClF2NO4. The van der Waals surface area contributed by atoms with Crippen molar-refractivity contribution >= 4 is 23.1 Å². The fourth-order valence-corrected chi connectivity index (χ4v) is 1.42. The number of carbonyl (C=O) groups excluding carboxylic acids is 1. The standard InChI is InChI=1S/C9H6ClF2NO4/c1-4(14)6-2-5(10)3-7(17-9(11)12)8(6)13(15)16/h2-3,9H,1H3. The number of benzene rings is 1. The molecule has 0 radical (unpaired) electrons. The molecular weight excluding hydrogens is 260 g/mol. The van der Waals surface area contributed by atoms with Crippen molar-refractivity contribution in [2.24, 2.45) is 0 Å². The van der Waals surface area contributed by atoms with Crippen molar-refractivity contribution in [3.63, 3.8) is 0 Å². The number of nitro groups is 1. The largest absolute Gasteiger partial charge is 0.427 e. The summed E-state index contributed by atoms with van der Waals surface area (Å²) in [4.78, 5) is 20.9. The molecule has 0 N–H and O–H groups in total. The van der Waals surface area contributed by atoms with E-state index < -0.39 is 28.8 Å². The van der Waals surface area contributed by atoms with Crippen molar-refractivity contribution in [1.82, 2.24) is 0 Å². The molecule has 0 heterocycles. The monoisotopic (exact) mass is 265 g/mol. The fourth-order valence-electron chi connectivity index (χ4n) is 1.22. The van der Waals surface area contributed by atoms with Crippen molar-refractivity contribution in [2.75, 3.05) is 0 Å². The Kier molecular flexibility index (Phi) is 3.95. The number of alkyl halides is 2. The summed E-state index contributed by atoms with van der Waals surface area (Å²) >= 11 is 5.55. The summed E-state index contributed by atoms with van der Waals surface area (Å²) in [5.41, 5.74) is -1.19. The molecule has 0 aliphatic heterocycles. The molecule has 0 unspecified atom stereocenters. The average molecular weight is 266 g/mol. The summed E-state index contributed by atoms with van der Waals surface area (Å²) < 4.78 is 28.1. The lowest BCUT2D eigenvalue weighted by atomic mass is 10.1. The maximum atomic E-state index is 12.1. The number of nitrogens with zero attached hydrogens (tertiary/aromatic N) is 1. The average Bonchev–Trinajstić information content (AvgIpc) is 2.14. The zero-order valence-corrected chi connectivity index (χ0v) is 9.20. The lowest BCUT2D eigenvalue weighted by molar-refractivity contribution is -0.386. The van der Waals surface area contributed by atoms with E-state index in [-0.39, 0.29) is 10.6 Å². The van der Waals surface area contributed by atoms with Crippen LogP contribution in [0.1, 0.15) is 17.3 Å². The summed E-state index contributed by atoms with van der Waals surface area (Å²) in [6.45, 7) is -2.18. The maximum absolute atomic E-state index is 12.1. The second-order valence-corrected chi connectivity index (χ2v) is 3.43. The molecule has 0 aromatic heterocycles. The Morgan fingerprint density at radius 1 is 1.53 bits per heavy atom. The van der Waals surface area contributed by atoms with E-state index >= 15 is 0 Å². The summed E-state index contributed by atoms with van der Waals surface area (Å²) in [6.07, 6.45) is 0. The van der Waals surface area contributed by atoms with Gasteiger partial charge in [-0.05, 0) is 13.0 Å². The molecule has 0 bridgehead atoms. The SMILES string of the molecule is CC(=O)c1cc(Cl)cc(OC(F)F)c1[N+](=O)[O-]. The van der Waals surface area contributed by atoms with Crippen LogP contribution >= 0.6 is 11.6 Å². The number of halogens is 3. The van der Waals surface area contributed by atoms with Gasteiger partial charge in [0.05, 0.1) is 4.92 Å². The lowest BCUT2D eigenvalue weighted by Crippen LogP contribution is -2.08. The molecule has 17 heavy (non-hydrogen) atoms. The van der Waals surface area contributed by atoms with Gasteiger partial charge in [-0.15, -0.1) is 0 Å². The quantitative estimate of drug-likeness (QED) is 0.477. The molecule has 1 aromatic rings. The third-order valence-electron chi connectivity index (χ3n) is 1.82. The number of rotatable bonds is 4. The number of Topliss-reactive ketones (excluding diaryl/α,β-unsaturated/α-hetero) is 1. The number of nitro benzene ring substituents is 1. The first-order valence-corrected chi connectivity index (χ1v) is 4.64. The van der Waals surface area contributed by atoms with E-state index in [1.54, 1.807) is 0 Å². The van der Waals surface area contributed by atoms with Gasteiger partial charge in [-0.1, -0.05) is 11.6 Å². The zero-order valence-electron chi connectivity index (χ0n) is 8.45. The van der Waals surface area contributed by atoms with Crippen LogP contribution < -0.4 is 4.74 Å². The van der Waals surface area contributed by atoms with E-state index in [0.717, 1.165) is 19.1 Å². The molecule has 0 atom stereocenters. The first-order valence-electron chi connectivity index (χ1n) is 4.26. The van der Waals surface area contributed by atoms with Crippen LogP contribution in [0.3, 0.4) is 0 Å². The number of ketones is 1. The second-order valence-electron chi connectivity index (χ2n) is 2.99. The molecule has 0 aliphatic carbocycles. The van der Waals surface area contributed by atoms with Crippen molar-refractivity contribution in [1.29, 1.82) is 0 Å². The molecule has 5 nitrogen and oxygen atoms in total. The van der Waals surface area contributed by atoms with E-state index in [0.29, 0.717) is 0 Å². The Labute approximate surface area is 99.1 Å². The highest BCUT2D eigenvalue weighted by Crippen LogP contribution is 2.35. The van der Waals surface area contributed by atoms with Gasteiger partial charge in [-0.25, -0.2) is 0 Å². The van der Waals surface area contributed by atoms with Crippen LogP contribution in [0.4, 0.5) is 14.5 Å². The Morgan fingerprint density at radius 3 is 2.53 bits per heavy atom. The Hall–Kier alpha value is -1.76. The first kappa shape index (κ1) is 13.3. The summed E-state index contributed by atoms with van der Waals surface area (Å²) in [5.74, 6) is -1.40. The predicted molar refractivity (Wildman–Crippen MR) is 54.7 cm³/mol. The molecule has 92 valence electrons. The third-order valence-corrected chi connectivity index (χ3v) is 2.04. The molecule has 0 amide bonds. The first-order chi connectivity index (χ1) is 7.82. The second kappa shape index (κ2) is 5.05. The highest BCUT2D eigenvalue weighted by molar-refractivity contribution is 6.31. The van der Waals surface area contributed by atoms with E-state index in [1.165, 1.54) is 0 Å². The molecule has 1 aromatic carbocycles. The zero-order chi connectivity index (χ0) is 13.2. The van der Waals surface area contributed by atoms with Crippen LogP contribution in [-0.2, 0) is 0 Å². The van der Waals surface area contributed by atoms with E-state index in [2.05, 4.69) is 4.74 Å². The number of carbonyl (C=O) groups is 1. The molecule has 8 heteroatoms. The summed E-state index contributed by atoms with van der Waals surface area (Å²) in [6, 6.07) is 1.89. The Balaban J connectivity index is 3.46. The molecule has 0 saturated heterocycles. The number of hydrogen-bond acceptors (Lipinski definition) is 4. The van der Waals surface area contributed by atoms with Crippen LogP contribution in [0.2, 0.25) is 5.02 Å². The molecule has 0 spiro atoms. The maximum Gasteiger partial charge on any atom is 0.387 e. The fraction of sp³-hybridized carbons (Fsp3) is 0.222. The van der Waals surface area contributed by atoms with Crippen LogP contribution in [0.25, 0.3) is 0 Å². The van der Waals surface area contributed by atoms with Crippen LogP contribution in [-0.4, -0.2) is 17.3 Å². The van der Waals surface area contributed by atoms with Crippen molar-refractivity contribution < 1.29 is 23.2 Å². The van der Waals surface area contributed by atoms with Crippen molar-refractivity contribution in [3.8, 4) is 5.75 Å². The predicted octanol–water partition coefficient (Wildman–Crippen LogP) is 3.05. The molecule has 0 saturated carbocycles. The Bertz CT molecular complexity index is 478. The molecule has 1 rings (SSSR count). The van der Waals surface area contributed by atoms with Crippen molar-refractivity contribution in [2.45, 2.75) is 13.5 Å². The van der Waals surface area contributed by atoms with E-state index in [1.807, 2.05) is 0 Å². The van der Waals surface area contributed by atoms with Gasteiger partial charge in [0.1, 0.15) is 5.56 Å². The van der Waals surface area contributed by atoms with Gasteiger partial charge in [0.25, 0.3) is 0 Å². The minimum absolute atomic E-state index is 0.101. The Morgan fingerprint density at radius 2 is 2.12 bits per heavy atom. The van der Waals surface area contributed by atoms with E-state index in [4.69, 9.17) is 11.6 Å². The lowest BCUT2D eigenvalue weighted by Gasteiger charge is -2.08. The normalized spacial score (nSPS) is 10.4. The topological polar surface area (TPSA) is 69.4 Å². The van der Waals surface area contributed by atoms with Gasteiger partial charge in [0.15, 0.2) is 5.78 Å². The van der Waals surface area contributed by atoms with Gasteiger partial charge in [0.2, 0.25) is 5.75 Å². The number of hydrogen-bond donors (Lipinski definition) is 0. The highest BCUT2D eigenvalue weighted by Gasteiger charge is 2.26. The molecule has 0 aliphatic rings. The van der Waals surface area contributed by atoms with Crippen LogP contribution in [0.15, 0.2) is 12.1 Å². The minimum Gasteiger partial charge on any atom is -0.427 e. The smallest absolute Gasteiger partial charge is 0.387 e. The van der Waals surface area contributed by atoms with Crippen molar-refractivity contribution in [3.05, 3.63) is 32.8 Å². The number of ether oxygens (including phenoxy) is 1. The third kappa shape index (κ3) is 3.10. The van der Waals surface area contributed by atoms with Gasteiger partial charge in [-0.3, -0.25) is 14.9 Å². The highest BCUT2D eigenvalue weighted by atomic mass is 35.5. The van der Waals surface area contributed by atoms with Gasteiger partial charge in [-0.2, -0.15) is 8.78 Å². The van der Waals surface area contributed by atoms with Gasteiger partial charge >= 0.3 is 12.3 Å². The van der Waals surface area contributed by atoms with Crippen LogP contribution in [0, 0.1) is 10.1 Å².